The normalized spacial score (nSPS) is 10.5. The third-order valence-electron chi connectivity index (χ3n) is 2.05. The summed E-state index contributed by atoms with van der Waals surface area (Å²) in [7, 11) is 3.30. The van der Waals surface area contributed by atoms with Gasteiger partial charge in [0.05, 0.1) is 0 Å². The van der Waals surface area contributed by atoms with Gasteiger partial charge in [-0.25, -0.2) is 9.78 Å². The van der Waals surface area contributed by atoms with Crippen LogP contribution in [0.4, 0.5) is 0 Å². The summed E-state index contributed by atoms with van der Waals surface area (Å²) in [6.07, 6.45) is 0. The molecule has 0 atom stereocenters. The molecule has 0 saturated carbocycles. The molecule has 1 amide bonds. The zero-order valence-corrected chi connectivity index (χ0v) is 10.3. The monoisotopic (exact) mass is 254 g/mol. The number of aromatic nitrogens is 3. The SMILES string of the molecule is Cc1sc(-c2noc(=O)[nH]2)nc1C(=O)N(C)C. The molecule has 0 radical (unpaired) electrons. The zero-order valence-electron chi connectivity index (χ0n) is 9.47. The number of amides is 1. The summed E-state index contributed by atoms with van der Waals surface area (Å²) in [5.74, 6) is -0.593. The second-order valence-corrected chi connectivity index (χ2v) is 4.77. The number of rotatable bonds is 2. The van der Waals surface area contributed by atoms with Gasteiger partial charge in [0.1, 0.15) is 5.69 Å². The van der Waals surface area contributed by atoms with Crippen molar-refractivity contribution in [1.29, 1.82) is 0 Å². The summed E-state index contributed by atoms with van der Waals surface area (Å²) in [6, 6.07) is 0. The number of carbonyl (C=O) groups is 1. The van der Waals surface area contributed by atoms with Gasteiger partial charge >= 0.3 is 5.76 Å². The minimum Gasteiger partial charge on any atom is -0.343 e. The first-order valence-corrected chi connectivity index (χ1v) is 5.56. The van der Waals surface area contributed by atoms with Gasteiger partial charge in [-0.05, 0) is 6.92 Å². The Kier molecular flexibility index (Phi) is 2.80. The molecule has 7 nitrogen and oxygen atoms in total. The van der Waals surface area contributed by atoms with Crippen LogP contribution in [-0.4, -0.2) is 40.0 Å². The minimum atomic E-state index is -0.645. The number of aryl methyl sites for hydroxylation is 1. The lowest BCUT2D eigenvalue weighted by molar-refractivity contribution is 0.0822. The molecule has 0 bridgehead atoms. The Morgan fingerprint density at radius 2 is 2.18 bits per heavy atom. The Hall–Kier alpha value is -1.96. The van der Waals surface area contributed by atoms with Gasteiger partial charge in [0.2, 0.25) is 5.82 Å². The molecule has 0 aliphatic heterocycles. The standard InChI is InChI=1S/C9H10N4O3S/c1-4-5(8(14)13(2)3)10-7(17-4)6-11-9(15)16-12-6/h1-3H3,(H,11,12,15). The van der Waals surface area contributed by atoms with E-state index in [9.17, 15) is 9.59 Å². The topological polar surface area (TPSA) is 92.1 Å². The molecule has 90 valence electrons. The summed E-state index contributed by atoms with van der Waals surface area (Å²) < 4.78 is 4.39. The molecule has 2 aromatic rings. The first kappa shape index (κ1) is 11.5. The smallest absolute Gasteiger partial charge is 0.343 e. The lowest BCUT2D eigenvalue weighted by atomic mass is 10.3. The van der Waals surface area contributed by atoms with Crippen LogP contribution in [0.3, 0.4) is 0 Å². The quantitative estimate of drug-likeness (QED) is 0.842. The molecule has 0 unspecified atom stereocenters. The Bertz CT molecular complexity index is 610. The highest BCUT2D eigenvalue weighted by Crippen LogP contribution is 2.24. The molecule has 0 fully saturated rings. The fraction of sp³-hybridized carbons (Fsp3) is 0.333. The van der Waals surface area contributed by atoms with Crippen LogP contribution in [-0.2, 0) is 0 Å². The predicted octanol–water partition coefficient (Wildman–Crippen LogP) is 0.497. The molecule has 2 rings (SSSR count). The predicted molar refractivity (Wildman–Crippen MR) is 61.0 cm³/mol. The number of nitrogens with zero attached hydrogens (tertiary/aromatic N) is 3. The van der Waals surface area contributed by atoms with Crippen LogP contribution in [0.15, 0.2) is 9.32 Å². The van der Waals surface area contributed by atoms with E-state index in [1.807, 2.05) is 0 Å². The molecular weight excluding hydrogens is 244 g/mol. The molecule has 17 heavy (non-hydrogen) atoms. The van der Waals surface area contributed by atoms with E-state index in [0.29, 0.717) is 10.7 Å². The molecule has 2 aromatic heterocycles. The van der Waals surface area contributed by atoms with Gasteiger partial charge in [-0.1, -0.05) is 5.16 Å². The van der Waals surface area contributed by atoms with Crippen LogP contribution in [0.1, 0.15) is 15.4 Å². The van der Waals surface area contributed by atoms with E-state index in [4.69, 9.17) is 0 Å². The van der Waals surface area contributed by atoms with Gasteiger partial charge in [0.25, 0.3) is 5.91 Å². The van der Waals surface area contributed by atoms with Crippen LogP contribution in [0, 0.1) is 6.92 Å². The van der Waals surface area contributed by atoms with Gasteiger partial charge in [-0.15, -0.1) is 11.3 Å². The third-order valence-corrected chi connectivity index (χ3v) is 3.03. The van der Waals surface area contributed by atoms with Gasteiger partial charge in [-0.3, -0.25) is 14.3 Å². The number of thiazole rings is 1. The van der Waals surface area contributed by atoms with Crippen LogP contribution >= 0.6 is 11.3 Å². The summed E-state index contributed by atoms with van der Waals surface area (Å²) in [4.78, 5) is 31.3. The number of nitrogens with one attached hydrogen (secondary N) is 1. The second-order valence-electron chi connectivity index (χ2n) is 3.57. The largest absolute Gasteiger partial charge is 0.439 e. The summed E-state index contributed by atoms with van der Waals surface area (Å²) >= 11 is 1.28. The Labute approximate surface area is 100 Å². The molecule has 2 heterocycles. The Balaban J connectivity index is 2.43. The average molecular weight is 254 g/mol. The lowest BCUT2D eigenvalue weighted by Gasteiger charge is -2.07. The van der Waals surface area contributed by atoms with Gasteiger partial charge in [-0.2, -0.15) is 0 Å². The summed E-state index contributed by atoms with van der Waals surface area (Å²) in [6.45, 7) is 1.79. The molecule has 1 N–H and O–H groups in total. The van der Waals surface area contributed by atoms with E-state index in [0.717, 1.165) is 4.88 Å². The number of H-pyrrole nitrogens is 1. The van der Waals surface area contributed by atoms with E-state index < -0.39 is 5.76 Å². The van der Waals surface area contributed by atoms with Crippen molar-refractivity contribution < 1.29 is 9.32 Å². The molecule has 0 saturated heterocycles. The van der Waals surface area contributed by atoms with Crippen LogP contribution < -0.4 is 5.76 Å². The zero-order chi connectivity index (χ0) is 12.6. The van der Waals surface area contributed by atoms with E-state index in [-0.39, 0.29) is 11.7 Å². The van der Waals surface area contributed by atoms with Crippen LogP contribution in [0.25, 0.3) is 10.8 Å². The summed E-state index contributed by atoms with van der Waals surface area (Å²) in [5.41, 5.74) is 0.360. The summed E-state index contributed by atoms with van der Waals surface area (Å²) in [5, 5.41) is 3.98. The third kappa shape index (κ3) is 2.11. The van der Waals surface area contributed by atoms with E-state index in [1.165, 1.54) is 16.2 Å². The highest BCUT2D eigenvalue weighted by Gasteiger charge is 2.19. The highest BCUT2D eigenvalue weighted by molar-refractivity contribution is 7.15. The first-order valence-electron chi connectivity index (χ1n) is 4.74. The Morgan fingerprint density at radius 3 is 2.71 bits per heavy atom. The van der Waals surface area contributed by atoms with Gasteiger partial charge < -0.3 is 4.90 Å². The van der Waals surface area contributed by atoms with Crippen molar-refractivity contribution in [2.75, 3.05) is 14.1 Å². The fourth-order valence-electron chi connectivity index (χ4n) is 1.23. The molecule has 8 heteroatoms. The van der Waals surface area contributed by atoms with Crippen molar-refractivity contribution in [2.24, 2.45) is 0 Å². The highest BCUT2D eigenvalue weighted by atomic mass is 32.1. The average Bonchev–Trinajstić information content (AvgIpc) is 2.83. The van der Waals surface area contributed by atoms with E-state index in [2.05, 4.69) is 19.6 Å². The van der Waals surface area contributed by atoms with Crippen molar-refractivity contribution in [1.82, 2.24) is 20.0 Å². The molecule has 0 aliphatic rings. The number of hydrogen-bond donors (Lipinski definition) is 1. The second kappa shape index (κ2) is 4.13. The fourth-order valence-corrected chi connectivity index (χ4v) is 2.07. The molecule has 0 aromatic carbocycles. The van der Waals surface area contributed by atoms with Crippen LogP contribution in [0.2, 0.25) is 0 Å². The lowest BCUT2D eigenvalue weighted by Crippen LogP contribution is -2.22. The maximum atomic E-state index is 11.8. The van der Waals surface area contributed by atoms with Crippen molar-refractivity contribution in [3.05, 3.63) is 21.1 Å². The van der Waals surface area contributed by atoms with E-state index >= 15 is 0 Å². The molecule has 0 aliphatic carbocycles. The van der Waals surface area contributed by atoms with Crippen molar-refractivity contribution in [3.63, 3.8) is 0 Å². The molecule has 0 spiro atoms. The van der Waals surface area contributed by atoms with Crippen molar-refractivity contribution >= 4 is 17.2 Å². The Morgan fingerprint density at radius 1 is 1.47 bits per heavy atom. The number of hydrogen-bond acceptors (Lipinski definition) is 6. The van der Waals surface area contributed by atoms with Gasteiger partial charge in [0.15, 0.2) is 5.01 Å². The minimum absolute atomic E-state index is 0.184. The van der Waals surface area contributed by atoms with Crippen LogP contribution in [0.5, 0.6) is 0 Å². The maximum Gasteiger partial charge on any atom is 0.439 e. The first-order chi connectivity index (χ1) is 7.99. The maximum absolute atomic E-state index is 11.8. The van der Waals surface area contributed by atoms with Gasteiger partial charge in [0, 0.05) is 19.0 Å². The van der Waals surface area contributed by atoms with E-state index in [1.54, 1.807) is 21.0 Å². The van der Waals surface area contributed by atoms with Crippen molar-refractivity contribution in [2.45, 2.75) is 6.92 Å². The van der Waals surface area contributed by atoms with Crippen molar-refractivity contribution in [3.8, 4) is 10.8 Å². The molecular formula is C9H10N4O3S. The number of aromatic amines is 1. The number of carbonyl (C=O) groups excluding carboxylic acids is 1.